The van der Waals surface area contributed by atoms with Crippen LogP contribution in [-0.4, -0.2) is 0 Å². The normalized spacial score (nSPS) is 12.4. The fraction of sp³-hybridized carbons (Fsp3) is 0.200. The Morgan fingerprint density at radius 1 is 1.11 bits per heavy atom. The molecule has 0 aliphatic carbocycles. The number of aryl methyl sites for hydroxylation is 1. The van der Waals surface area contributed by atoms with E-state index in [0.717, 1.165) is 22.9 Å². The van der Waals surface area contributed by atoms with Gasteiger partial charge in [-0.1, -0.05) is 48.0 Å². The van der Waals surface area contributed by atoms with E-state index >= 15 is 0 Å². The second-order valence-corrected chi connectivity index (χ2v) is 5.57. The van der Waals surface area contributed by atoms with Crippen LogP contribution in [0.15, 0.2) is 53.0 Å². The number of rotatable bonds is 4. The molecular weight excluding hydrogens is 310 g/mol. The summed E-state index contributed by atoms with van der Waals surface area (Å²) < 4.78 is 0.900. The van der Waals surface area contributed by atoms with Gasteiger partial charge in [0.2, 0.25) is 0 Å². The maximum atomic E-state index is 6.20. The standard InChI is InChI=1S/C15H15BrClN/c16-13-10-12(7-8-14(13)17)15(18)9-6-11-4-2-1-3-5-11/h1-5,7-8,10,15H,6,9,18H2. The van der Waals surface area contributed by atoms with E-state index in [9.17, 15) is 0 Å². The first-order valence-corrected chi connectivity index (χ1v) is 7.08. The van der Waals surface area contributed by atoms with Crippen LogP contribution in [0, 0.1) is 0 Å². The second-order valence-electron chi connectivity index (χ2n) is 4.30. The zero-order valence-corrected chi connectivity index (χ0v) is 12.3. The monoisotopic (exact) mass is 323 g/mol. The van der Waals surface area contributed by atoms with E-state index < -0.39 is 0 Å². The average molecular weight is 325 g/mol. The topological polar surface area (TPSA) is 26.0 Å². The number of hydrogen-bond donors (Lipinski definition) is 1. The van der Waals surface area contributed by atoms with Crippen molar-refractivity contribution in [2.75, 3.05) is 0 Å². The van der Waals surface area contributed by atoms with Crippen molar-refractivity contribution in [2.45, 2.75) is 18.9 Å². The minimum atomic E-state index is 0.0405. The minimum absolute atomic E-state index is 0.0405. The Morgan fingerprint density at radius 3 is 2.50 bits per heavy atom. The molecule has 0 aliphatic heterocycles. The van der Waals surface area contributed by atoms with Gasteiger partial charge in [-0.05, 0) is 52.0 Å². The fourth-order valence-electron chi connectivity index (χ4n) is 1.88. The summed E-state index contributed by atoms with van der Waals surface area (Å²) in [5.74, 6) is 0. The highest BCUT2D eigenvalue weighted by atomic mass is 79.9. The quantitative estimate of drug-likeness (QED) is 0.864. The molecule has 0 aliphatic rings. The molecule has 0 aromatic heterocycles. The summed E-state index contributed by atoms with van der Waals surface area (Å²) in [4.78, 5) is 0. The molecule has 0 heterocycles. The van der Waals surface area contributed by atoms with Gasteiger partial charge >= 0.3 is 0 Å². The Morgan fingerprint density at radius 2 is 1.83 bits per heavy atom. The first kappa shape index (κ1) is 13.6. The summed E-state index contributed by atoms with van der Waals surface area (Å²) in [5.41, 5.74) is 8.63. The van der Waals surface area contributed by atoms with Gasteiger partial charge in [-0.3, -0.25) is 0 Å². The maximum absolute atomic E-state index is 6.20. The minimum Gasteiger partial charge on any atom is -0.324 e. The molecule has 0 fully saturated rings. The molecule has 94 valence electrons. The molecule has 3 heteroatoms. The zero-order valence-electron chi connectivity index (χ0n) is 9.94. The molecule has 2 rings (SSSR count). The second kappa shape index (κ2) is 6.37. The highest BCUT2D eigenvalue weighted by Crippen LogP contribution is 2.26. The van der Waals surface area contributed by atoms with Crippen molar-refractivity contribution in [3.05, 3.63) is 69.2 Å². The lowest BCUT2D eigenvalue weighted by atomic mass is 10.00. The van der Waals surface area contributed by atoms with Gasteiger partial charge in [0.15, 0.2) is 0 Å². The van der Waals surface area contributed by atoms with Gasteiger partial charge in [0.1, 0.15) is 0 Å². The van der Waals surface area contributed by atoms with E-state index in [1.807, 2.05) is 24.3 Å². The number of benzene rings is 2. The van der Waals surface area contributed by atoms with Crippen LogP contribution in [0.2, 0.25) is 5.02 Å². The molecule has 18 heavy (non-hydrogen) atoms. The van der Waals surface area contributed by atoms with Crippen LogP contribution in [0.5, 0.6) is 0 Å². The smallest absolute Gasteiger partial charge is 0.0548 e. The highest BCUT2D eigenvalue weighted by Gasteiger charge is 2.08. The van der Waals surface area contributed by atoms with Gasteiger partial charge in [0.05, 0.1) is 5.02 Å². The molecular formula is C15H15BrClN. The van der Waals surface area contributed by atoms with Gasteiger partial charge in [0.25, 0.3) is 0 Å². The molecule has 2 aromatic carbocycles. The Hall–Kier alpha value is -0.830. The van der Waals surface area contributed by atoms with Crippen LogP contribution in [-0.2, 0) is 6.42 Å². The lowest BCUT2D eigenvalue weighted by molar-refractivity contribution is 0.651. The van der Waals surface area contributed by atoms with Gasteiger partial charge < -0.3 is 5.73 Å². The number of halogens is 2. The van der Waals surface area contributed by atoms with Crippen LogP contribution in [0.1, 0.15) is 23.6 Å². The molecule has 0 amide bonds. The Balaban J connectivity index is 1.99. The van der Waals surface area contributed by atoms with E-state index in [4.69, 9.17) is 17.3 Å². The fourth-order valence-corrected chi connectivity index (χ4v) is 2.39. The largest absolute Gasteiger partial charge is 0.324 e. The molecule has 0 saturated carbocycles. The highest BCUT2D eigenvalue weighted by molar-refractivity contribution is 9.10. The van der Waals surface area contributed by atoms with Crippen molar-refractivity contribution < 1.29 is 0 Å². The van der Waals surface area contributed by atoms with Gasteiger partial charge in [-0.25, -0.2) is 0 Å². The summed E-state index contributed by atoms with van der Waals surface area (Å²) >= 11 is 9.39. The molecule has 0 radical (unpaired) electrons. The average Bonchev–Trinajstić information content (AvgIpc) is 2.40. The molecule has 0 bridgehead atoms. The van der Waals surface area contributed by atoms with Crippen molar-refractivity contribution in [3.8, 4) is 0 Å². The van der Waals surface area contributed by atoms with Crippen LogP contribution in [0.25, 0.3) is 0 Å². The van der Waals surface area contributed by atoms with Crippen LogP contribution < -0.4 is 5.73 Å². The SMILES string of the molecule is NC(CCc1ccccc1)c1ccc(Cl)c(Br)c1. The van der Waals surface area contributed by atoms with Crippen LogP contribution in [0.3, 0.4) is 0 Å². The van der Waals surface area contributed by atoms with E-state index in [1.165, 1.54) is 5.56 Å². The number of hydrogen-bond acceptors (Lipinski definition) is 1. The molecule has 2 aromatic rings. The summed E-state index contributed by atoms with van der Waals surface area (Å²) in [6.07, 6.45) is 1.92. The van der Waals surface area contributed by atoms with Crippen molar-refractivity contribution in [1.82, 2.24) is 0 Å². The molecule has 1 nitrogen and oxygen atoms in total. The lowest BCUT2D eigenvalue weighted by Gasteiger charge is -2.13. The van der Waals surface area contributed by atoms with Crippen molar-refractivity contribution in [2.24, 2.45) is 5.73 Å². The molecule has 0 saturated heterocycles. The predicted molar refractivity (Wildman–Crippen MR) is 80.8 cm³/mol. The third-order valence-electron chi connectivity index (χ3n) is 2.96. The summed E-state index contributed by atoms with van der Waals surface area (Å²) in [6, 6.07) is 16.3. The van der Waals surface area contributed by atoms with Crippen molar-refractivity contribution in [3.63, 3.8) is 0 Å². The van der Waals surface area contributed by atoms with E-state index in [0.29, 0.717) is 5.02 Å². The lowest BCUT2D eigenvalue weighted by Crippen LogP contribution is -2.11. The zero-order chi connectivity index (χ0) is 13.0. The van der Waals surface area contributed by atoms with Crippen molar-refractivity contribution >= 4 is 27.5 Å². The molecule has 1 unspecified atom stereocenters. The third-order valence-corrected chi connectivity index (χ3v) is 4.17. The van der Waals surface area contributed by atoms with Gasteiger partial charge in [-0.15, -0.1) is 0 Å². The number of nitrogens with two attached hydrogens (primary N) is 1. The van der Waals surface area contributed by atoms with E-state index in [-0.39, 0.29) is 6.04 Å². The Kier molecular flexibility index (Phi) is 4.81. The maximum Gasteiger partial charge on any atom is 0.0548 e. The van der Waals surface area contributed by atoms with Crippen molar-refractivity contribution in [1.29, 1.82) is 0 Å². The first-order valence-electron chi connectivity index (χ1n) is 5.91. The van der Waals surface area contributed by atoms with Crippen LogP contribution >= 0.6 is 27.5 Å². The molecule has 2 N–H and O–H groups in total. The third kappa shape index (κ3) is 3.58. The van der Waals surface area contributed by atoms with Gasteiger partial charge in [0, 0.05) is 10.5 Å². The van der Waals surface area contributed by atoms with Gasteiger partial charge in [-0.2, -0.15) is 0 Å². The summed E-state index contributed by atoms with van der Waals surface area (Å²) in [5, 5.41) is 0.717. The Labute approximate surface area is 121 Å². The summed E-state index contributed by atoms with van der Waals surface area (Å²) in [7, 11) is 0. The van der Waals surface area contributed by atoms with E-state index in [1.54, 1.807) is 0 Å². The Bertz CT molecular complexity index is 513. The molecule has 1 atom stereocenters. The first-order chi connectivity index (χ1) is 8.66. The van der Waals surface area contributed by atoms with E-state index in [2.05, 4.69) is 40.2 Å². The summed E-state index contributed by atoms with van der Waals surface area (Å²) in [6.45, 7) is 0. The van der Waals surface area contributed by atoms with Crippen LogP contribution in [0.4, 0.5) is 0 Å². The predicted octanol–water partition coefficient (Wildman–Crippen LogP) is 4.74. The molecule has 0 spiro atoms.